The highest BCUT2D eigenvalue weighted by atomic mass is 16.5. The molecule has 2 N–H and O–H groups in total. The number of aliphatic hydroxyl groups is 1. The fourth-order valence-corrected chi connectivity index (χ4v) is 2.18. The van der Waals surface area contributed by atoms with Crippen molar-refractivity contribution in [3.63, 3.8) is 0 Å². The number of methoxy groups -OCH3 is 1. The molecule has 5 nitrogen and oxygen atoms in total. The molecule has 0 amide bonds. The van der Waals surface area contributed by atoms with Gasteiger partial charge in [-0.15, -0.1) is 0 Å². The number of quaternary nitrogens is 1. The van der Waals surface area contributed by atoms with Gasteiger partial charge in [0.25, 0.3) is 0 Å². The summed E-state index contributed by atoms with van der Waals surface area (Å²) in [6.45, 7) is 4.42. The number of hydrogen-bond acceptors (Lipinski definition) is 4. The summed E-state index contributed by atoms with van der Waals surface area (Å²) in [6, 6.07) is 7.46. The van der Waals surface area contributed by atoms with Crippen LogP contribution in [-0.2, 0) is 4.74 Å². The summed E-state index contributed by atoms with van der Waals surface area (Å²) in [6.07, 6.45) is -0.474. The smallest absolute Gasteiger partial charge is 0.161 e. The fraction of sp³-hybridized carbons (Fsp3) is 0.571. The van der Waals surface area contributed by atoms with Crippen molar-refractivity contribution in [1.82, 2.24) is 0 Å². The highest BCUT2D eigenvalue weighted by Crippen LogP contribution is 2.25. The molecule has 0 saturated carbocycles. The van der Waals surface area contributed by atoms with Gasteiger partial charge < -0.3 is 24.2 Å². The largest absolute Gasteiger partial charge is 0.493 e. The second-order valence-electron chi connectivity index (χ2n) is 4.68. The minimum atomic E-state index is -0.474. The van der Waals surface area contributed by atoms with E-state index in [0.717, 1.165) is 26.3 Å². The van der Waals surface area contributed by atoms with Crippen LogP contribution in [0.3, 0.4) is 0 Å². The second-order valence-corrected chi connectivity index (χ2v) is 4.68. The molecule has 2 rings (SSSR count). The Labute approximate surface area is 113 Å². The molecule has 1 aromatic rings. The zero-order valence-corrected chi connectivity index (χ0v) is 11.3. The van der Waals surface area contributed by atoms with Gasteiger partial charge in [-0.2, -0.15) is 0 Å². The van der Waals surface area contributed by atoms with Crippen molar-refractivity contribution in [2.24, 2.45) is 0 Å². The van der Waals surface area contributed by atoms with Crippen LogP contribution in [0.15, 0.2) is 24.3 Å². The summed E-state index contributed by atoms with van der Waals surface area (Å²) < 4.78 is 16.1. The molecule has 19 heavy (non-hydrogen) atoms. The lowest BCUT2D eigenvalue weighted by Gasteiger charge is -2.25. The van der Waals surface area contributed by atoms with Gasteiger partial charge in [0.1, 0.15) is 32.3 Å². The molecular weight excluding hydrogens is 246 g/mol. The molecule has 1 heterocycles. The normalized spacial score (nSPS) is 18.0. The minimum absolute atomic E-state index is 0.282. The Morgan fingerprint density at radius 3 is 2.63 bits per heavy atom. The lowest BCUT2D eigenvalue weighted by Crippen LogP contribution is -3.15. The maximum absolute atomic E-state index is 10.00. The first-order valence-electron chi connectivity index (χ1n) is 6.65. The number of para-hydroxylation sites is 2. The van der Waals surface area contributed by atoms with E-state index in [0.29, 0.717) is 18.0 Å². The summed E-state index contributed by atoms with van der Waals surface area (Å²) in [7, 11) is 1.61. The second kappa shape index (κ2) is 7.33. The molecule has 0 aromatic heterocycles. The number of morpholine rings is 1. The van der Waals surface area contributed by atoms with Gasteiger partial charge in [-0.3, -0.25) is 0 Å². The predicted octanol–water partition coefficient (Wildman–Crippen LogP) is -0.650. The van der Waals surface area contributed by atoms with Gasteiger partial charge in [-0.1, -0.05) is 12.1 Å². The van der Waals surface area contributed by atoms with Crippen molar-refractivity contribution in [3.8, 4) is 11.5 Å². The van der Waals surface area contributed by atoms with E-state index in [1.54, 1.807) is 7.11 Å². The average Bonchev–Trinajstić information content (AvgIpc) is 2.46. The third-order valence-corrected chi connectivity index (χ3v) is 3.22. The van der Waals surface area contributed by atoms with Crippen LogP contribution in [0.4, 0.5) is 0 Å². The van der Waals surface area contributed by atoms with E-state index >= 15 is 0 Å². The van der Waals surface area contributed by atoms with Crippen LogP contribution in [0.1, 0.15) is 0 Å². The number of rotatable bonds is 6. The lowest BCUT2D eigenvalue weighted by atomic mass is 10.3. The molecule has 0 bridgehead atoms. The monoisotopic (exact) mass is 268 g/mol. The number of aliphatic hydroxyl groups excluding tert-OH is 1. The zero-order chi connectivity index (χ0) is 13.5. The van der Waals surface area contributed by atoms with Crippen LogP contribution < -0.4 is 14.4 Å². The average molecular weight is 268 g/mol. The van der Waals surface area contributed by atoms with Crippen molar-refractivity contribution in [3.05, 3.63) is 24.3 Å². The third-order valence-electron chi connectivity index (χ3n) is 3.22. The molecule has 0 spiro atoms. The van der Waals surface area contributed by atoms with Gasteiger partial charge in [-0.05, 0) is 12.1 Å². The molecule has 1 aromatic carbocycles. The fourth-order valence-electron chi connectivity index (χ4n) is 2.18. The number of benzene rings is 1. The van der Waals surface area contributed by atoms with Crippen LogP contribution >= 0.6 is 0 Å². The SMILES string of the molecule is COc1ccccc1OC[C@@H](O)C[NH+]1CCOCC1. The number of nitrogens with one attached hydrogen (secondary N) is 1. The maximum atomic E-state index is 10.00. The summed E-state index contributed by atoms with van der Waals surface area (Å²) in [5, 5.41) is 10.00. The molecule has 0 radical (unpaired) electrons. The summed E-state index contributed by atoms with van der Waals surface area (Å²) in [5.74, 6) is 1.36. The van der Waals surface area contributed by atoms with Crippen LogP contribution in [0.5, 0.6) is 11.5 Å². The van der Waals surface area contributed by atoms with Crippen molar-refractivity contribution in [2.45, 2.75) is 6.10 Å². The molecule has 0 aliphatic carbocycles. The summed E-state index contributed by atoms with van der Waals surface area (Å²) >= 11 is 0. The van der Waals surface area contributed by atoms with Crippen LogP contribution in [0.25, 0.3) is 0 Å². The first-order chi connectivity index (χ1) is 9.29. The Kier molecular flexibility index (Phi) is 5.44. The highest BCUT2D eigenvalue weighted by Gasteiger charge is 2.18. The van der Waals surface area contributed by atoms with Crippen LogP contribution in [-0.4, -0.2) is 57.8 Å². The van der Waals surface area contributed by atoms with Gasteiger partial charge >= 0.3 is 0 Å². The van der Waals surface area contributed by atoms with Crippen molar-refractivity contribution in [2.75, 3.05) is 46.6 Å². The van der Waals surface area contributed by atoms with Crippen LogP contribution in [0.2, 0.25) is 0 Å². The minimum Gasteiger partial charge on any atom is -0.493 e. The number of ether oxygens (including phenoxy) is 3. The molecule has 1 aliphatic heterocycles. The standard InChI is InChI=1S/C14H21NO4/c1-17-13-4-2-3-5-14(13)19-11-12(16)10-15-6-8-18-9-7-15/h2-5,12,16H,6-11H2,1H3/p+1/t12-/m0/s1. The molecule has 106 valence electrons. The zero-order valence-electron chi connectivity index (χ0n) is 11.3. The van der Waals surface area contributed by atoms with E-state index < -0.39 is 6.10 Å². The quantitative estimate of drug-likeness (QED) is 0.720. The molecular formula is C14H22NO4+. The van der Waals surface area contributed by atoms with Gasteiger partial charge in [0.2, 0.25) is 0 Å². The Bertz CT molecular complexity index is 379. The van der Waals surface area contributed by atoms with E-state index in [1.807, 2.05) is 24.3 Å². The molecule has 1 aliphatic rings. The van der Waals surface area contributed by atoms with E-state index in [1.165, 1.54) is 4.90 Å². The van der Waals surface area contributed by atoms with E-state index in [-0.39, 0.29) is 6.61 Å². The highest BCUT2D eigenvalue weighted by molar-refractivity contribution is 5.39. The van der Waals surface area contributed by atoms with Gasteiger partial charge in [0.15, 0.2) is 11.5 Å². The third kappa shape index (κ3) is 4.38. The number of hydrogen-bond donors (Lipinski definition) is 2. The van der Waals surface area contributed by atoms with E-state index in [4.69, 9.17) is 14.2 Å². The van der Waals surface area contributed by atoms with Gasteiger partial charge in [0.05, 0.1) is 20.3 Å². The van der Waals surface area contributed by atoms with E-state index in [9.17, 15) is 5.11 Å². The Morgan fingerprint density at radius 2 is 1.95 bits per heavy atom. The van der Waals surface area contributed by atoms with E-state index in [2.05, 4.69) is 0 Å². The molecule has 1 fully saturated rings. The summed E-state index contributed by atoms with van der Waals surface area (Å²) in [4.78, 5) is 1.36. The molecule has 5 heteroatoms. The predicted molar refractivity (Wildman–Crippen MR) is 70.9 cm³/mol. The van der Waals surface area contributed by atoms with Crippen molar-refractivity contribution >= 4 is 0 Å². The molecule has 1 atom stereocenters. The van der Waals surface area contributed by atoms with Crippen LogP contribution in [0, 0.1) is 0 Å². The lowest BCUT2D eigenvalue weighted by molar-refractivity contribution is -0.911. The van der Waals surface area contributed by atoms with Gasteiger partial charge in [-0.25, -0.2) is 0 Å². The molecule has 0 unspecified atom stereocenters. The Balaban J connectivity index is 1.77. The van der Waals surface area contributed by atoms with Gasteiger partial charge in [0, 0.05) is 0 Å². The van der Waals surface area contributed by atoms with Crippen molar-refractivity contribution in [1.29, 1.82) is 0 Å². The first kappa shape index (κ1) is 14.1. The topological polar surface area (TPSA) is 52.4 Å². The maximum Gasteiger partial charge on any atom is 0.161 e. The Morgan fingerprint density at radius 1 is 1.26 bits per heavy atom. The molecule has 1 saturated heterocycles. The Hall–Kier alpha value is -1.30. The summed E-state index contributed by atoms with van der Waals surface area (Å²) in [5.41, 5.74) is 0. The first-order valence-corrected chi connectivity index (χ1v) is 6.65. The van der Waals surface area contributed by atoms with Crippen molar-refractivity contribution < 1.29 is 24.2 Å².